The molecule has 0 spiro atoms. The van der Waals surface area contributed by atoms with Crippen LogP contribution in [0, 0.1) is 0 Å². The number of hydrogen-bond acceptors (Lipinski definition) is 5. The first-order valence-corrected chi connectivity index (χ1v) is 11.0. The van der Waals surface area contributed by atoms with Gasteiger partial charge >= 0.3 is 0 Å². The van der Waals surface area contributed by atoms with E-state index in [1.54, 1.807) is 24.7 Å². The van der Waals surface area contributed by atoms with Gasteiger partial charge in [0.2, 0.25) is 0 Å². The lowest BCUT2D eigenvalue weighted by Crippen LogP contribution is -2.49. The minimum atomic E-state index is 0. The number of piperidine rings is 1. The fourth-order valence-corrected chi connectivity index (χ4v) is 4.03. The number of methoxy groups -OCH3 is 1. The third kappa shape index (κ3) is 9.06. The first-order chi connectivity index (χ1) is 13.8. The second kappa shape index (κ2) is 14.0. The van der Waals surface area contributed by atoms with Gasteiger partial charge in [-0.1, -0.05) is 6.07 Å². The molecular weight excluding hydrogens is 499 g/mol. The second-order valence-electron chi connectivity index (χ2n) is 7.11. The van der Waals surface area contributed by atoms with Crippen molar-refractivity contribution >= 4 is 41.3 Å². The van der Waals surface area contributed by atoms with E-state index in [1.165, 1.54) is 4.88 Å². The standard InChI is InChI=1S/C21H32N4O2S.HI/c1-26-14-4-11-25-12-8-18(9-13-25)24-21(23-17-20-6-3-16-28-20)22-10-7-19-5-2-15-27-19;/h2-3,5-6,15-16,18H,4,7-14,17H2,1H3,(H2,22,23,24);1H. The van der Waals surface area contributed by atoms with Crippen LogP contribution in [0.2, 0.25) is 0 Å². The number of thiophene rings is 1. The zero-order valence-electron chi connectivity index (χ0n) is 17.1. The lowest BCUT2D eigenvalue weighted by Gasteiger charge is -2.33. The summed E-state index contributed by atoms with van der Waals surface area (Å²) in [6, 6.07) is 8.62. The molecule has 1 aliphatic rings. The van der Waals surface area contributed by atoms with E-state index >= 15 is 0 Å². The molecule has 0 saturated carbocycles. The number of likely N-dealkylation sites (tertiary alicyclic amines) is 1. The molecule has 6 nitrogen and oxygen atoms in total. The van der Waals surface area contributed by atoms with Crippen LogP contribution in [0.15, 0.2) is 45.3 Å². The Kier molecular flexibility index (Phi) is 11.7. The number of guanidine groups is 1. The number of nitrogens with one attached hydrogen (secondary N) is 2. The SMILES string of the molecule is COCCCN1CCC(NC(=NCc2cccs2)NCCc2ccco2)CC1.I. The van der Waals surface area contributed by atoms with E-state index in [9.17, 15) is 0 Å². The monoisotopic (exact) mass is 532 g/mol. The van der Waals surface area contributed by atoms with E-state index in [4.69, 9.17) is 14.1 Å². The fourth-order valence-electron chi connectivity index (χ4n) is 3.40. The summed E-state index contributed by atoms with van der Waals surface area (Å²) in [5.41, 5.74) is 0. The lowest BCUT2D eigenvalue weighted by atomic mass is 10.1. The molecule has 8 heteroatoms. The molecule has 1 saturated heterocycles. The molecule has 3 rings (SSSR count). The number of hydrogen-bond donors (Lipinski definition) is 2. The smallest absolute Gasteiger partial charge is 0.191 e. The maximum Gasteiger partial charge on any atom is 0.191 e. The van der Waals surface area contributed by atoms with Gasteiger partial charge in [-0.15, -0.1) is 35.3 Å². The van der Waals surface area contributed by atoms with Crippen molar-refractivity contribution in [3.63, 3.8) is 0 Å². The molecule has 3 heterocycles. The predicted octanol–water partition coefficient (Wildman–Crippen LogP) is 3.74. The maximum atomic E-state index is 5.42. The molecule has 0 unspecified atom stereocenters. The van der Waals surface area contributed by atoms with Crippen LogP contribution >= 0.6 is 35.3 Å². The third-order valence-corrected chi connectivity index (χ3v) is 5.83. The van der Waals surface area contributed by atoms with Crippen LogP contribution in [-0.2, 0) is 17.7 Å². The average Bonchev–Trinajstić information content (AvgIpc) is 3.42. The predicted molar refractivity (Wildman–Crippen MR) is 130 cm³/mol. The summed E-state index contributed by atoms with van der Waals surface area (Å²) < 4.78 is 10.6. The Morgan fingerprint density at radius 1 is 1.31 bits per heavy atom. The van der Waals surface area contributed by atoms with Gasteiger partial charge in [-0.3, -0.25) is 0 Å². The summed E-state index contributed by atoms with van der Waals surface area (Å²) in [4.78, 5) is 8.61. The summed E-state index contributed by atoms with van der Waals surface area (Å²) in [5.74, 6) is 1.90. The first kappa shape index (κ1) is 24.2. The Labute approximate surface area is 195 Å². The van der Waals surface area contributed by atoms with Gasteiger partial charge < -0.3 is 24.7 Å². The molecule has 2 aromatic rings. The Morgan fingerprint density at radius 2 is 2.17 bits per heavy atom. The minimum absolute atomic E-state index is 0. The molecule has 0 aliphatic carbocycles. The van der Waals surface area contributed by atoms with Crippen molar-refractivity contribution in [2.24, 2.45) is 4.99 Å². The van der Waals surface area contributed by atoms with Gasteiger partial charge in [0.1, 0.15) is 5.76 Å². The summed E-state index contributed by atoms with van der Waals surface area (Å²) >= 11 is 1.75. The quantitative estimate of drug-likeness (QED) is 0.211. The zero-order valence-corrected chi connectivity index (χ0v) is 20.3. The normalized spacial score (nSPS) is 15.8. The van der Waals surface area contributed by atoms with Crippen molar-refractivity contribution < 1.29 is 9.15 Å². The molecule has 2 N–H and O–H groups in total. The number of halogens is 1. The summed E-state index contributed by atoms with van der Waals surface area (Å²) in [7, 11) is 1.77. The van der Waals surface area contributed by atoms with E-state index in [0.717, 1.165) is 70.2 Å². The molecule has 2 aromatic heterocycles. The summed E-state index contributed by atoms with van der Waals surface area (Å²) in [6.07, 6.45) is 5.97. The summed E-state index contributed by atoms with van der Waals surface area (Å²) in [6.45, 7) is 5.75. The van der Waals surface area contributed by atoms with Crippen LogP contribution < -0.4 is 10.6 Å². The van der Waals surface area contributed by atoms with Crippen molar-refractivity contribution in [3.05, 3.63) is 46.5 Å². The number of furan rings is 1. The maximum absolute atomic E-state index is 5.42. The molecule has 162 valence electrons. The van der Waals surface area contributed by atoms with Crippen molar-refractivity contribution in [2.75, 3.05) is 39.9 Å². The zero-order chi connectivity index (χ0) is 19.4. The molecule has 1 fully saturated rings. The lowest BCUT2D eigenvalue weighted by molar-refractivity contribution is 0.155. The van der Waals surface area contributed by atoms with Crippen molar-refractivity contribution in [1.29, 1.82) is 0 Å². The van der Waals surface area contributed by atoms with Gasteiger partial charge in [0.25, 0.3) is 0 Å². The highest BCUT2D eigenvalue weighted by atomic mass is 127. The van der Waals surface area contributed by atoms with Gasteiger partial charge in [0, 0.05) is 57.2 Å². The van der Waals surface area contributed by atoms with E-state index < -0.39 is 0 Å². The number of nitrogens with zero attached hydrogens (tertiary/aromatic N) is 2. The minimum Gasteiger partial charge on any atom is -0.469 e. The molecule has 0 bridgehead atoms. The molecule has 0 aromatic carbocycles. The van der Waals surface area contributed by atoms with Gasteiger partial charge in [-0.2, -0.15) is 0 Å². The first-order valence-electron chi connectivity index (χ1n) is 10.1. The van der Waals surface area contributed by atoms with E-state index in [1.807, 2.05) is 12.1 Å². The number of aliphatic imine (C=N–C) groups is 1. The summed E-state index contributed by atoms with van der Waals surface area (Å²) in [5, 5.41) is 9.22. The van der Waals surface area contributed by atoms with E-state index in [2.05, 4.69) is 33.0 Å². The topological polar surface area (TPSA) is 62.0 Å². The van der Waals surface area contributed by atoms with Crippen LogP contribution in [0.25, 0.3) is 0 Å². The third-order valence-electron chi connectivity index (χ3n) is 4.97. The average molecular weight is 532 g/mol. The van der Waals surface area contributed by atoms with Crippen LogP contribution in [0.4, 0.5) is 0 Å². The van der Waals surface area contributed by atoms with Crippen LogP contribution in [0.5, 0.6) is 0 Å². The Hall–Kier alpha value is -1.10. The highest BCUT2D eigenvalue weighted by Gasteiger charge is 2.19. The van der Waals surface area contributed by atoms with Gasteiger partial charge in [0.05, 0.1) is 12.8 Å². The number of ether oxygens (including phenoxy) is 1. The molecule has 0 atom stereocenters. The van der Waals surface area contributed by atoms with Crippen LogP contribution in [0.1, 0.15) is 29.9 Å². The Morgan fingerprint density at radius 3 is 2.86 bits per heavy atom. The molecule has 0 amide bonds. The van der Waals surface area contributed by atoms with Crippen molar-refractivity contribution in [1.82, 2.24) is 15.5 Å². The Balaban J connectivity index is 0.00000300. The second-order valence-corrected chi connectivity index (χ2v) is 8.14. The highest BCUT2D eigenvalue weighted by Crippen LogP contribution is 2.12. The number of rotatable bonds is 10. The molecule has 0 radical (unpaired) electrons. The van der Waals surface area contributed by atoms with Crippen molar-refractivity contribution in [3.8, 4) is 0 Å². The van der Waals surface area contributed by atoms with Crippen molar-refractivity contribution in [2.45, 2.75) is 38.3 Å². The van der Waals surface area contributed by atoms with E-state index in [-0.39, 0.29) is 24.0 Å². The van der Waals surface area contributed by atoms with Gasteiger partial charge in [0.15, 0.2) is 5.96 Å². The van der Waals surface area contributed by atoms with Crippen LogP contribution in [0.3, 0.4) is 0 Å². The fraction of sp³-hybridized carbons (Fsp3) is 0.571. The molecule has 29 heavy (non-hydrogen) atoms. The van der Waals surface area contributed by atoms with E-state index in [0.29, 0.717) is 12.6 Å². The largest absolute Gasteiger partial charge is 0.469 e. The van der Waals surface area contributed by atoms with Gasteiger partial charge in [-0.25, -0.2) is 4.99 Å². The highest BCUT2D eigenvalue weighted by molar-refractivity contribution is 14.0. The molecule has 1 aliphatic heterocycles. The Bertz CT molecular complexity index is 671. The molecular formula is C21H33IN4O2S. The van der Waals surface area contributed by atoms with Crippen LogP contribution in [-0.4, -0.2) is 56.8 Å². The van der Waals surface area contributed by atoms with Gasteiger partial charge in [-0.05, 0) is 42.8 Å².